The van der Waals surface area contributed by atoms with Gasteiger partial charge in [-0.05, 0) is 24.3 Å². The Morgan fingerprint density at radius 1 is 1.43 bits per heavy atom. The first-order valence-corrected chi connectivity index (χ1v) is 7.40. The summed E-state index contributed by atoms with van der Waals surface area (Å²) in [5.41, 5.74) is 0.687. The molecule has 0 radical (unpaired) electrons. The molecule has 0 fully saturated rings. The number of hydrogen-bond donors (Lipinski definition) is 1. The number of nitrogens with one attached hydrogen (secondary N) is 1. The minimum Gasteiger partial charge on any atom is -0.467 e. The number of furan rings is 1. The van der Waals surface area contributed by atoms with E-state index in [2.05, 4.69) is 10.3 Å². The Bertz CT molecular complexity index is 657. The Morgan fingerprint density at radius 2 is 2.33 bits per heavy atom. The van der Waals surface area contributed by atoms with Gasteiger partial charge in [0, 0.05) is 6.20 Å². The minimum atomic E-state index is -0.235. The van der Waals surface area contributed by atoms with Crippen molar-refractivity contribution in [3.8, 4) is 0 Å². The lowest BCUT2D eigenvalue weighted by Gasteiger charge is -2.27. The molecule has 2 aromatic rings. The van der Waals surface area contributed by atoms with Crippen LogP contribution in [0.3, 0.4) is 0 Å². The molecule has 0 atom stereocenters. The first-order chi connectivity index (χ1) is 10.2. The summed E-state index contributed by atoms with van der Waals surface area (Å²) in [6.07, 6.45) is 3.23. The number of hydrogen-bond acceptors (Lipinski definition) is 5. The molecule has 0 saturated carbocycles. The van der Waals surface area contributed by atoms with Crippen LogP contribution >= 0.6 is 11.8 Å². The number of thioether (sulfide) groups is 1. The molecule has 2 amide bonds. The van der Waals surface area contributed by atoms with E-state index in [0.717, 1.165) is 5.03 Å². The molecule has 0 aromatic carbocycles. The molecule has 2 aromatic heterocycles. The van der Waals surface area contributed by atoms with Crippen molar-refractivity contribution in [2.24, 2.45) is 0 Å². The normalized spacial score (nSPS) is 13.9. The molecule has 6 nitrogen and oxygen atoms in total. The third-order valence-corrected chi connectivity index (χ3v) is 4.00. The summed E-state index contributed by atoms with van der Waals surface area (Å²) in [7, 11) is 0. The fourth-order valence-corrected chi connectivity index (χ4v) is 2.89. The van der Waals surface area contributed by atoms with Gasteiger partial charge in [0.1, 0.15) is 17.3 Å². The van der Waals surface area contributed by atoms with Crippen molar-refractivity contribution >= 4 is 29.3 Å². The number of carbonyl (C=O) groups excluding carboxylic acids is 2. The van der Waals surface area contributed by atoms with Crippen LogP contribution in [-0.2, 0) is 16.1 Å². The molecule has 0 saturated heterocycles. The molecule has 1 aliphatic rings. The van der Waals surface area contributed by atoms with Crippen LogP contribution in [0.1, 0.15) is 5.76 Å². The zero-order valence-corrected chi connectivity index (χ0v) is 11.9. The Balaban J connectivity index is 1.66. The highest BCUT2D eigenvalue weighted by Crippen LogP contribution is 2.32. The number of amides is 2. The second-order valence-corrected chi connectivity index (χ2v) is 5.42. The quantitative estimate of drug-likeness (QED) is 0.924. The van der Waals surface area contributed by atoms with E-state index in [1.54, 1.807) is 36.7 Å². The van der Waals surface area contributed by atoms with Crippen molar-refractivity contribution < 1.29 is 14.0 Å². The third kappa shape index (κ3) is 3.08. The van der Waals surface area contributed by atoms with Gasteiger partial charge >= 0.3 is 0 Å². The fraction of sp³-hybridized carbons (Fsp3) is 0.214. The van der Waals surface area contributed by atoms with Gasteiger partial charge in [-0.15, -0.1) is 0 Å². The monoisotopic (exact) mass is 303 g/mol. The summed E-state index contributed by atoms with van der Waals surface area (Å²) in [6.45, 7) is 0.293. The van der Waals surface area contributed by atoms with E-state index in [-0.39, 0.29) is 18.4 Å². The fourth-order valence-electron chi connectivity index (χ4n) is 2.01. The highest BCUT2D eigenvalue weighted by atomic mass is 32.2. The summed E-state index contributed by atoms with van der Waals surface area (Å²) in [5.74, 6) is 0.649. The van der Waals surface area contributed by atoms with E-state index in [9.17, 15) is 9.59 Å². The molecule has 1 aliphatic heterocycles. The summed E-state index contributed by atoms with van der Waals surface area (Å²) in [6, 6.07) is 7.09. The first-order valence-electron chi connectivity index (χ1n) is 6.41. The standard InChI is InChI=1S/C14H13N3O3S/c18-12(16-7-10-3-2-6-20-10)8-17-11-4-1-5-15-14(11)21-9-13(17)19/h1-6H,7-9H2,(H,16,18). The number of nitrogens with zero attached hydrogens (tertiary/aromatic N) is 2. The summed E-state index contributed by atoms with van der Waals surface area (Å²) >= 11 is 1.39. The van der Waals surface area contributed by atoms with Crippen LogP contribution in [0.15, 0.2) is 46.2 Å². The van der Waals surface area contributed by atoms with Crippen molar-refractivity contribution in [3.05, 3.63) is 42.5 Å². The molecule has 3 rings (SSSR count). The largest absolute Gasteiger partial charge is 0.467 e. The molecule has 0 bridgehead atoms. The molecule has 7 heteroatoms. The molecule has 0 aliphatic carbocycles. The van der Waals surface area contributed by atoms with E-state index in [1.807, 2.05) is 0 Å². The Kier molecular flexibility index (Phi) is 3.92. The Labute approximate surface area is 125 Å². The molecule has 0 unspecified atom stereocenters. The summed E-state index contributed by atoms with van der Waals surface area (Å²) < 4.78 is 5.14. The van der Waals surface area contributed by atoms with E-state index in [1.165, 1.54) is 16.7 Å². The molecule has 1 N–H and O–H groups in total. The lowest BCUT2D eigenvalue weighted by atomic mass is 10.3. The summed E-state index contributed by atoms with van der Waals surface area (Å²) in [5, 5.41) is 3.50. The first kappa shape index (κ1) is 13.7. The number of aromatic nitrogens is 1. The van der Waals surface area contributed by atoms with Crippen molar-refractivity contribution in [1.29, 1.82) is 0 Å². The molecular weight excluding hydrogens is 290 g/mol. The molecular formula is C14H13N3O3S. The number of anilines is 1. The van der Waals surface area contributed by atoms with Gasteiger partial charge in [0.2, 0.25) is 11.8 Å². The highest BCUT2D eigenvalue weighted by molar-refractivity contribution is 8.00. The Morgan fingerprint density at radius 3 is 3.14 bits per heavy atom. The summed E-state index contributed by atoms with van der Waals surface area (Å²) in [4.78, 5) is 29.7. The van der Waals surface area contributed by atoms with Gasteiger partial charge in [-0.25, -0.2) is 4.98 Å². The van der Waals surface area contributed by atoms with Gasteiger partial charge in [0.15, 0.2) is 0 Å². The zero-order valence-electron chi connectivity index (χ0n) is 11.1. The van der Waals surface area contributed by atoms with Gasteiger partial charge in [0.25, 0.3) is 0 Å². The molecule has 108 valence electrons. The van der Waals surface area contributed by atoms with Crippen LogP contribution < -0.4 is 10.2 Å². The van der Waals surface area contributed by atoms with Crippen LogP contribution in [-0.4, -0.2) is 29.1 Å². The number of rotatable bonds is 4. The maximum absolute atomic E-state index is 12.0. The van der Waals surface area contributed by atoms with Gasteiger partial charge in [0.05, 0.1) is 24.2 Å². The lowest BCUT2D eigenvalue weighted by Crippen LogP contribution is -2.43. The van der Waals surface area contributed by atoms with Crippen molar-refractivity contribution in [3.63, 3.8) is 0 Å². The molecule has 0 spiro atoms. The van der Waals surface area contributed by atoms with Crippen LogP contribution in [0, 0.1) is 0 Å². The van der Waals surface area contributed by atoms with Crippen LogP contribution in [0.2, 0.25) is 0 Å². The second kappa shape index (κ2) is 6.01. The van der Waals surface area contributed by atoms with Gasteiger partial charge in [-0.2, -0.15) is 0 Å². The van der Waals surface area contributed by atoms with E-state index in [0.29, 0.717) is 23.7 Å². The average molecular weight is 303 g/mol. The van der Waals surface area contributed by atoms with E-state index in [4.69, 9.17) is 4.42 Å². The predicted octanol–water partition coefficient (Wildman–Crippen LogP) is 1.43. The smallest absolute Gasteiger partial charge is 0.240 e. The zero-order chi connectivity index (χ0) is 14.7. The second-order valence-electron chi connectivity index (χ2n) is 4.45. The predicted molar refractivity (Wildman–Crippen MR) is 77.9 cm³/mol. The van der Waals surface area contributed by atoms with E-state index < -0.39 is 0 Å². The van der Waals surface area contributed by atoms with Crippen molar-refractivity contribution in [1.82, 2.24) is 10.3 Å². The van der Waals surface area contributed by atoms with Crippen LogP contribution in [0.4, 0.5) is 5.69 Å². The minimum absolute atomic E-state index is 0.0151. The third-order valence-electron chi connectivity index (χ3n) is 3.02. The van der Waals surface area contributed by atoms with E-state index >= 15 is 0 Å². The van der Waals surface area contributed by atoms with Gasteiger partial charge in [-0.1, -0.05) is 11.8 Å². The van der Waals surface area contributed by atoms with Crippen molar-refractivity contribution in [2.75, 3.05) is 17.2 Å². The van der Waals surface area contributed by atoms with Crippen LogP contribution in [0.5, 0.6) is 0 Å². The topological polar surface area (TPSA) is 75.4 Å². The highest BCUT2D eigenvalue weighted by Gasteiger charge is 2.27. The van der Waals surface area contributed by atoms with Gasteiger partial charge in [-0.3, -0.25) is 14.5 Å². The number of fused-ring (bicyclic) bond motifs is 1. The molecule has 21 heavy (non-hydrogen) atoms. The average Bonchev–Trinajstić information content (AvgIpc) is 3.01. The van der Waals surface area contributed by atoms with Gasteiger partial charge < -0.3 is 9.73 Å². The Hall–Kier alpha value is -2.28. The SMILES string of the molecule is O=C(CN1C(=O)CSc2ncccc21)NCc1ccco1. The number of pyridine rings is 1. The maximum atomic E-state index is 12.0. The van der Waals surface area contributed by atoms with Crippen molar-refractivity contribution in [2.45, 2.75) is 11.6 Å². The number of carbonyl (C=O) groups is 2. The lowest BCUT2D eigenvalue weighted by molar-refractivity contribution is -0.123. The van der Waals surface area contributed by atoms with Crippen LogP contribution in [0.25, 0.3) is 0 Å². The molecule has 3 heterocycles. The maximum Gasteiger partial charge on any atom is 0.240 e.